The third-order valence-electron chi connectivity index (χ3n) is 1.94. The molecule has 1 heterocycles. The summed E-state index contributed by atoms with van der Waals surface area (Å²) < 4.78 is 5.04. The van der Waals surface area contributed by atoms with Gasteiger partial charge in [0.25, 0.3) is 0 Å². The highest BCUT2D eigenvalue weighted by molar-refractivity contribution is 4.87. The van der Waals surface area contributed by atoms with E-state index in [2.05, 4.69) is 23.1 Å². The van der Waals surface area contributed by atoms with Crippen LogP contribution in [0.25, 0.3) is 0 Å². The normalized spacial score (nSPS) is 10.0. The van der Waals surface area contributed by atoms with Gasteiger partial charge in [0.1, 0.15) is 0 Å². The largest absolute Gasteiger partial charge is 0.339 e. The van der Waals surface area contributed by atoms with Gasteiger partial charge in [-0.25, -0.2) is 0 Å². The van der Waals surface area contributed by atoms with E-state index in [-0.39, 0.29) is 0 Å². The molecular formula is C10H15N3O. The van der Waals surface area contributed by atoms with Gasteiger partial charge >= 0.3 is 0 Å². The standard InChI is InChI=1S/C10H15N3O/c1-2-3-6-9-12-10(14-13-9)7-4-5-8-11/h2-7H2,1H3. The minimum absolute atomic E-state index is 0.548. The van der Waals surface area contributed by atoms with Gasteiger partial charge in [-0.15, -0.1) is 0 Å². The molecule has 0 amide bonds. The number of aryl methyl sites for hydroxylation is 2. The maximum Gasteiger partial charge on any atom is 0.226 e. The number of nitrogens with zero attached hydrogens (tertiary/aromatic N) is 3. The minimum Gasteiger partial charge on any atom is -0.339 e. The summed E-state index contributed by atoms with van der Waals surface area (Å²) >= 11 is 0. The molecule has 0 atom stereocenters. The van der Waals surface area contributed by atoms with Gasteiger partial charge in [0.15, 0.2) is 5.82 Å². The Bertz CT molecular complexity index is 301. The molecule has 0 fully saturated rings. The lowest BCUT2D eigenvalue weighted by Crippen LogP contribution is -1.89. The summed E-state index contributed by atoms with van der Waals surface area (Å²) in [5, 5.41) is 12.2. The quantitative estimate of drug-likeness (QED) is 0.650. The van der Waals surface area contributed by atoms with E-state index >= 15 is 0 Å². The summed E-state index contributed by atoms with van der Waals surface area (Å²) in [5.41, 5.74) is 0. The Balaban J connectivity index is 2.32. The molecule has 4 nitrogen and oxygen atoms in total. The number of aromatic nitrogens is 2. The molecule has 0 saturated carbocycles. The third kappa shape index (κ3) is 3.56. The van der Waals surface area contributed by atoms with Gasteiger partial charge < -0.3 is 4.52 Å². The van der Waals surface area contributed by atoms with Gasteiger partial charge in [-0.2, -0.15) is 10.2 Å². The van der Waals surface area contributed by atoms with Crippen LogP contribution in [0.3, 0.4) is 0 Å². The molecule has 0 N–H and O–H groups in total. The van der Waals surface area contributed by atoms with Crippen molar-refractivity contribution < 1.29 is 4.52 Å². The SMILES string of the molecule is CCCCc1noc(CCCC#N)n1. The van der Waals surface area contributed by atoms with Gasteiger partial charge in [0, 0.05) is 19.3 Å². The molecule has 0 aromatic carbocycles. The molecule has 1 aromatic heterocycles. The number of rotatable bonds is 6. The maximum atomic E-state index is 8.35. The van der Waals surface area contributed by atoms with Crippen LogP contribution in [0.4, 0.5) is 0 Å². The van der Waals surface area contributed by atoms with E-state index in [4.69, 9.17) is 9.78 Å². The van der Waals surface area contributed by atoms with E-state index in [0.717, 1.165) is 31.5 Å². The highest BCUT2D eigenvalue weighted by Gasteiger charge is 2.04. The molecule has 1 aromatic rings. The molecule has 4 heteroatoms. The lowest BCUT2D eigenvalue weighted by molar-refractivity contribution is 0.370. The molecule has 0 spiro atoms. The molecule has 0 aliphatic carbocycles. The Hall–Kier alpha value is -1.37. The smallest absolute Gasteiger partial charge is 0.226 e. The van der Waals surface area contributed by atoms with Crippen LogP contribution in [0.5, 0.6) is 0 Å². The first-order valence-electron chi connectivity index (χ1n) is 5.05. The van der Waals surface area contributed by atoms with E-state index in [0.29, 0.717) is 18.7 Å². The van der Waals surface area contributed by atoms with E-state index < -0.39 is 0 Å². The van der Waals surface area contributed by atoms with Crippen LogP contribution in [-0.2, 0) is 12.8 Å². The van der Waals surface area contributed by atoms with E-state index in [1.165, 1.54) is 0 Å². The Morgan fingerprint density at radius 2 is 2.21 bits per heavy atom. The second kappa shape index (κ2) is 6.14. The van der Waals surface area contributed by atoms with Crippen molar-refractivity contribution >= 4 is 0 Å². The summed E-state index contributed by atoms with van der Waals surface area (Å²) in [4.78, 5) is 4.23. The van der Waals surface area contributed by atoms with Crippen molar-refractivity contribution in [1.82, 2.24) is 10.1 Å². The summed E-state index contributed by atoms with van der Waals surface area (Å²) in [6.45, 7) is 2.13. The third-order valence-corrected chi connectivity index (χ3v) is 1.94. The second-order valence-corrected chi connectivity index (χ2v) is 3.22. The van der Waals surface area contributed by atoms with E-state index in [9.17, 15) is 0 Å². The molecule has 0 aliphatic rings. The van der Waals surface area contributed by atoms with Crippen molar-refractivity contribution in [2.24, 2.45) is 0 Å². The zero-order chi connectivity index (χ0) is 10.2. The number of hydrogen-bond donors (Lipinski definition) is 0. The van der Waals surface area contributed by atoms with Crippen molar-refractivity contribution in [2.75, 3.05) is 0 Å². The fourth-order valence-electron chi connectivity index (χ4n) is 1.15. The number of hydrogen-bond acceptors (Lipinski definition) is 4. The van der Waals surface area contributed by atoms with Crippen molar-refractivity contribution in [1.29, 1.82) is 5.26 Å². The maximum absolute atomic E-state index is 8.35. The van der Waals surface area contributed by atoms with Gasteiger partial charge in [-0.3, -0.25) is 0 Å². The molecular weight excluding hydrogens is 178 g/mol. The first-order chi connectivity index (χ1) is 6.86. The Kier molecular flexibility index (Phi) is 4.70. The fraction of sp³-hybridized carbons (Fsp3) is 0.700. The van der Waals surface area contributed by atoms with E-state index in [1.807, 2.05) is 0 Å². The monoisotopic (exact) mass is 193 g/mol. The number of nitriles is 1. The van der Waals surface area contributed by atoms with Gasteiger partial charge in [-0.1, -0.05) is 18.5 Å². The average Bonchev–Trinajstić information content (AvgIpc) is 2.63. The molecule has 0 unspecified atom stereocenters. The van der Waals surface area contributed by atoms with Crippen LogP contribution >= 0.6 is 0 Å². The minimum atomic E-state index is 0.548. The van der Waals surface area contributed by atoms with Crippen LogP contribution < -0.4 is 0 Å². The molecule has 0 radical (unpaired) electrons. The van der Waals surface area contributed by atoms with Crippen LogP contribution in [0.1, 0.15) is 44.3 Å². The summed E-state index contributed by atoms with van der Waals surface area (Å²) in [5.74, 6) is 1.45. The predicted molar refractivity (Wildman–Crippen MR) is 51.5 cm³/mol. The van der Waals surface area contributed by atoms with Crippen molar-refractivity contribution in [2.45, 2.75) is 45.4 Å². The zero-order valence-corrected chi connectivity index (χ0v) is 8.49. The van der Waals surface area contributed by atoms with Crippen LogP contribution in [-0.4, -0.2) is 10.1 Å². The summed E-state index contributed by atoms with van der Waals surface area (Å²) in [6.07, 6.45) is 5.18. The molecule has 76 valence electrons. The molecule has 0 saturated heterocycles. The highest BCUT2D eigenvalue weighted by atomic mass is 16.5. The molecule has 0 bridgehead atoms. The van der Waals surface area contributed by atoms with E-state index in [1.54, 1.807) is 0 Å². The van der Waals surface area contributed by atoms with Crippen molar-refractivity contribution in [3.63, 3.8) is 0 Å². The highest BCUT2D eigenvalue weighted by Crippen LogP contribution is 2.05. The molecule has 14 heavy (non-hydrogen) atoms. The first kappa shape index (κ1) is 10.7. The first-order valence-corrected chi connectivity index (χ1v) is 5.05. The fourth-order valence-corrected chi connectivity index (χ4v) is 1.15. The number of unbranched alkanes of at least 4 members (excludes halogenated alkanes) is 2. The topological polar surface area (TPSA) is 62.7 Å². The van der Waals surface area contributed by atoms with Crippen LogP contribution in [0.15, 0.2) is 4.52 Å². The lowest BCUT2D eigenvalue weighted by atomic mass is 10.2. The van der Waals surface area contributed by atoms with Crippen LogP contribution in [0.2, 0.25) is 0 Å². The predicted octanol–water partition coefficient (Wildman–Crippen LogP) is 2.26. The summed E-state index contributed by atoms with van der Waals surface area (Å²) in [6, 6.07) is 2.09. The van der Waals surface area contributed by atoms with Crippen LogP contribution in [0, 0.1) is 11.3 Å². The lowest BCUT2D eigenvalue weighted by Gasteiger charge is -1.88. The zero-order valence-electron chi connectivity index (χ0n) is 8.49. The Morgan fingerprint density at radius 1 is 1.36 bits per heavy atom. The van der Waals surface area contributed by atoms with Gasteiger partial charge in [-0.05, 0) is 12.8 Å². The Labute approximate surface area is 83.9 Å². The van der Waals surface area contributed by atoms with Gasteiger partial charge in [0.05, 0.1) is 6.07 Å². The average molecular weight is 193 g/mol. The Morgan fingerprint density at radius 3 is 2.93 bits per heavy atom. The second-order valence-electron chi connectivity index (χ2n) is 3.22. The van der Waals surface area contributed by atoms with Gasteiger partial charge in [0.2, 0.25) is 5.89 Å². The van der Waals surface area contributed by atoms with Crippen molar-refractivity contribution in [3.05, 3.63) is 11.7 Å². The summed E-state index contributed by atoms with van der Waals surface area (Å²) in [7, 11) is 0. The van der Waals surface area contributed by atoms with Crippen molar-refractivity contribution in [3.8, 4) is 6.07 Å². The molecule has 1 rings (SSSR count). The molecule has 0 aliphatic heterocycles.